The average Bonchev–Trinajstić information content (AvgIpc) is 3.16. The van der Waals surface area contributed by atoms with Gasteiger partial charge in [0.15, 0.2) is 9.84 Å². The van der Waals surface area contributed by atoms with Crippen molar-refractivity contribution in [1.29, 1.82) is 0 Å². The maximum atomic E-state index is 13.2. The van der Waals surface area contributed by atoms with Gasteiger partial charge in [0, 0.05) is 12.0 Å². The lowest BCUT2D eigenvalue weighted by Crippen LogP contribution is -2.41. The molecule has 1 N–H and O–H groups in total. The van der Waals surface area contributed by atoms with Crippen LogP contribution in [0.3, 0.4) is 0 Å². The van der Waals surface area contributed by atoms with Crippen molar-refractivity contribution in [3.8, 4) is 0 Å². The van der Waals surface area contributed by atoms with Crippen LogP contribution in [0.4, 0.5) is 4.39 Å². The molecule has 1 fully saturated rings. The lowest BCUT2D eigenvalue weighted by Gasteiger charge is -2.15. The zero-order chi connectivity index (χ0) is 15.8. The van der Waals surface area contributed by atoms with Gasteiger partial charge in [0.05, 0.1) is 5.25 Å². The first-order chi connectivity index (χ1) is 9.73. The molecule has 0 aliphatic heterocycles. The lowest BCUT2D eigenvalue weighted by atomic mass is 10.1. The quantitative estimate of drug-likeness (QED) is 0.904. The standard InChI is InChI=1S/C15H20FNO3S/c1-9(2)21(19,20)10(3)15(18)17-14-8-13(14)11-5-4-6-12(16)7-11/h4-7,9-10,13-14H,8H2,1-3H3,(H,17,18). The van der Waals surface area contributed by atoms with E-state index in [4.69, 9.17) is 0 Å². The molecule has 1 aliphatic rings. The van der Waals surface area contributed by atoms with Crippen molar-refractivity contribution >= 4 is 15.7 Å². The summed E-state index contributed by atoms with van der Waals surface area (Å²) in [7, 11) is -3.45. The van der Waals surface area contributed by atoms with Crippen LogP contribution in [-0.4, -0.2) is 30.9 Å². The Morgan fingerprint density at radius 1 is 1.33 bits per heavy atom. The molecule has 0 radical (unpaired) electrons. The van der Waals surface area contributed by atoms with Crippen LogP contribution < -0.4 is 5.32 Å². The summed E-state index contributed by atoms with van der Waals surface area (Å²) in [4.78, 5) is 12.0. The van der Waals surface area contributed by atoms with E-state index in [0.717, 1.165) is 5.56 Å². The number of hydrogen-bond donors (Lipinski definition) is 1. The normalized spacial score (nSPS) is 22.9. The molecular formula is C15H20FNO3S. The second-order valence-corrected chi connectivity index (χ2v) is 8.62. The van der Waals surface area contributed by atoms with Gasteiger partial charge >= 0.3 is 0 Å². The molecule has 0 bridgehead atoms. The molecule has 1 aliphatic carbocycles. The Labute approximate surface area is 124 Å². The van der Waals surface area contributed by atoms with Crippen LogP contribution in [0.5, 0.6) is 0 Å². The fourth-order valence-electron chi connectivity index (χ4n) is 2.32. The monoisotopic (exact) mass is 313 g/mol. The van der Waals surface area contributed by atoms with Gasteiger partial charge in [-0.3, -0.25) is 4.79 Å². The first-order valence-electron chi connectivity index (χ1n) is 7.02. The van der Waals surface area contributed by atoms with Gasteiger partial charge in [0.2, 0.25) is 5.91 Å². The van der Waals surface area contributed by atoms with Crippen molar-refractivity contribution in [1.82, 2.24) is 5.32 Å². The Morgan fingerprint density at radius 2 is 2.00 bits per heavy atom. The molecule has 0 spiro atoms. The number of nitrogens with one attached hydrogen (secondary N) is 1. The minimum Gasteiger partial charge on any atom is -0.352 e. The lowest BCUT2D eigenvalue weighted by molar-refractivity contribution is -0.120. The molecule has 1 aromatic rings. The van der Waals surface area contributed by atoms with E-state index in [2.05, 4.69) is 5.32 Å². The highest BCUT2D eigenvalue weighted by Gasteiger charge is 2.42. The molecule has 21 heavy (non-hydrogen) atoms. The molecule has 1 amide bonds. The largest absolute Gasteiger partial charge is 0.352 e. The van der Waals surface area contributed by atoms with Crippen LogP contribution in [0, 0.1) is 5.82 Å². The highest BCUT2D eigenvalue weighted by atomic mass is 32.2. The van der Waals surface area contributed by atoms with E-state index in [1.807, 2.05) is 6.07 Å². The summed E-state index contributed by atoms with van der Waals surface area (Å²) in [6.07, 6.45) is 0.712. The fourth-order valence-corrected chi connectivity index (χ4v) is 3.50. The summed E-state index contributed by atoms with van der Waals surface area (Å²) in [6.45, 7) is 4.53. The molecule has 116 valence electrons. The topological polar surface area (TPSA) is 63.2 Å². The van der Waals surface area contributed by atoms with Crippen LogP contribution in [-0.2, 0) is 14.6 Å². The molecule has 3 atom stereocenters. The van der Waals surface area contributed by atoms with Gasteiger partial charge in [-0.05, 0) is 44.9 Å². The number of rotatable bonds is 5. The molecule has 0 aromatic heterocycles. The number of carbonyl (C=O) groups excluding carboxylic acids is 1. The van der Waals surface area contributed by atoms with E-state index in [1.54, 1.807) is 19.9 Å². The molecule has 2 rings (SSSR count). The molecule has 4 nitrogen and oxygen atoms in total. The molecule has 0 heterocycles. The highest BCUT2D eigenvalue weighted by molar-refractivity contribution is 7.93. The average molecular weight is 313 g/mol. The van der Waals surface area contributed by atoms with E-state index < -0.39 is 26.2 Å². The maximum absolute atomic E-state index is 13.2. The van der Waals surface area contributed by atoms with E-state index in [0.29, 0.717) is 6.42 Å². The van der Waals surface area contributed by atoms with Crippen LogP contribution in [0.2, 0.25) is 0 Å². The van der Waals surface area contributed by atoms with Gasteiger partial charge in [-0.25, -0.2) is 12.8 Å². The SMILES string of the molecule is CC(C)S(=O)(=O)C(C)C(=O)NC1CC1c1cccc(F)c1. The first kappa shape index (κ1) is 15.9. The summed E-state index contributed by atoms with van der Waals surface area (Å²) in [5.41, 5.74) is 0.833. The van der Waals surface area contributed by atoms with Crippen molar-refractivity contribution in [3.63, 3.8) is 0 Å². The third-order valence-electron chi connectivity index (χ3n) is 3.91. The van der Waals surface area contributed by atoms with Gasteiger partial charge in [-0.2, -0.15) is 0 Å². The summed E-state index contributed by atoms with van der Waals surface area (Å²) >= 11 is 0. The van der Waals surface area contributed by atoms with E-state index in [-0.39, 0.29) is 17.8 Å². The Hall–Kier alpha value is -1.43. The number of benzene rings is 1. The Kier molecular flexibility index (Phi) is 4.37. The minimum atomic E-state index is -3.45. The zero-order valence-electron chi connectivity index (χ0n) is 12.3. The fraction of sp³-hybridized carbons (Fsp3) is 0.533. The Balaban J connectivity index is 1.97. The van der Waals surface area contributed by atoms with Gasteiger partial charge < -0.3 is 5.32 Å². The van der Waals surface area contributed by atoms with Crippen molar-refractivity contribution in [2.75, 3.05) is 0 Å². The van der Waals surface area contributed by atoms with Crippen molar-refractivity contribution in [3.05, 3.63) is 35.6 Å². The van der Waals surface area contributed by atoms with Gasteiger partial charge in [0.25, 0.3) is 0 Å². The minimum absolute atomic E-state index is 0.0682. The third kappa shape index (κ3) is 3.43. The summed E-state index contributed by atoms with van der Waals surface area (Å²) in [5, 5.41) is 1.09. The molecule has 1 aromatic carbocycles. The summed E-state index contributed by atoms with van der Waals surface area (Å²) in [6, 6.07) is 6.16. The highest BCUT2D eigenvalue weighted by Crippen LogP contribution is 2.41. The number of sulfone groups is 1. The van der Waals surface area contributed by atoms with Crippen LogP contribution in [0.25, 0.3) is 0 Å². The first-order valence-corrected chi connectivity index (χ1v) is 8.63. The second-order valence-electron chi connectivity index (χ2n) is 5.79. The number of amides is 1. The smallest absolute Gasteiger partial charge is 0.238 e. The number of hydrogen-bond acceptors (Lipinski definition) is 3. The predicted molar refractivity (Wildman–Crippen MR) is 79.2 cm³/mol. The summed E-state index contributed by atoms with van der Waals surface area (Å²) in [5.74, 6) is -0.716. The molecule has 1 saturated carbocycles. The van der Waals surface area contributed by atoms with Crippen LogP contribution >= 0.6 is 0 Å². The molecule has 3 unspecified atom stereocenters. The number of halogens is 1. The van der Waals surface area contributed by atoms with Crippen molar-refractivity contribution < 1.29 is 17.6 Å². The van der Waals surface area contributed by atoms with Gasteiger partial charge in [-0.1, -0.05) is 12.1 Å². The predicted octanol–water partition coefficient (Wildman–Crippen LogP) is 2.01. The van der Waals surface area contributed by atoms with Gasteiger partial charge in [0.1, 0.15) is 11.1 Å². The van der Waals surface area contributed by atoms with E-state index >= 15 is 0 Å². The Bertz CT molecular complexity index is 642. The maximum Gasteiger partial charge on any atom is 0.238 e. The zero-order valence-corrected chi connectivity index (χ0v) is 13.2. The van der Waals surface area contributed by atoms with Crippen LogP contribution in [0.1, 0.15) is 38.7 Å². The Morgan fingerprint density at radius 3 is 2.57 bits per heavy atom. The summed E-state index contributed by atoms with van der Waals surface area (Å²) < 4.78 is 37.1. The molecule has 6 heteroatoms. The number of carbonyl (C=O) groups is 1. The second kappa shape index (κ2) is 5.75. The van der Waals surface area contributed by atoms with Crippen molar-refractivity contribution in [2.24, 2.45) is 0 Å². The van der Waals surface area contributed by atoms with Crippen molar-refractivity contribution in [2.45, 2.75) is 49.7 Å². The molecular weight excluding hydrogens is 293 g/mol. The van der Waals surface area contributed by atoms with E-state index in [9.17, 15) is 17.6 Å². The van der Waals surface area contributed by atoms with E-state index in [1.165, 1.54) is 19.1 Å². The molecule has 0 saturated heterocycles. The van der Waals surface area contributed by atoms with Crippen LogP contribution in [0.15, 0.2) is 24.3 Å². The third-order valence-corrected chi connectivity index (χ3v) is 6.43. The van der Waals surface area contributed by atoms with Gasteiger partial charge in [-0.15, -0.1) is 0 Å².